The van der Waals surface area contributed by atoms with E-state index in [9.17, 15) is 13.2 Å². The molecule has 0 radical (unpaired) electrons. The van der Waals surface area contributed by atoms with Gasteiger partial charge in [0.25, 0.3) is 0 Å². The first kappa shape index (κ1) is 19.5. The van der Waals surface area contributed by atoms with Crippen molar-refractivity contribution in [2.45, 2.75) is 43.6 Å². The largest absolute Gasteiger partial charge is 0.358 e. The molecule has 1 spiro atoms. The number of Topliss-reactive ketones (excluding diaryl/α,β-unsaturated/α-hetero) is 1. The van der Waals surface area contributed by atoms with Crippen molar-refractivity contribution >= 4 is 15.8 Å². The number of hydrogen-bond acceptors (Lipinski definition) is 5. The third kappa shape index (κ3) is 3.22. The smallest absolute Gasteiger partial charge is 0.225 e. The molecule has 2 saturated heterocycles. The standard InChI is InChI=1S/C19H28N2O4S/c1-4-11-20-12-9-19(10-13-20)21(14-15-25-19)26(23,24)18(3)7-5-17(6-8-18)16(2)22/h4-7H,1,8-15H2,2-3H3. The minimum atomic E-state index is -3.62. The monoisotopic (exact) mass is 380 g/mol. The Morgan fingerprint density at radius 3 is 2.58 bits per heavy atom. The number of sulfonamides is 1. The van der Waals surface area contributed by atoms with E-state index in [0.717, 1.165) is 19.6 Å². The molecule has 1 aliphatic carbocycles. The van der Waals surface area contributed by atoms with Crippen molar-refractivity contribution in [3.05, 3.63) is 36.5 Å². The van der Waals surface area contributed by atoms with Gasteiger partial charge in [-0.15, -0.1) is 6.58 Å². The molecule has 0 aromatic heterocycles. The highest BCUT2D eigenvalue weighted by Gasteiger charge is 2.54. The van der Waals surface area contributed by atoms with Crippen molar-refractivity contribution in [3.8, 4) is 0 Å². The fourth-order valence-corrected chi connectivity index (χ4v) is 6.04. The minimum Gasteiger partial charge on any atom is -0.358 e. The van der Waals surface area contributed by atoms with Crippen molar-refractivity contribution in [3.63, 3.8) is 0 Å². The zero-order valence-corrected chi connectivity index (χ0v) is 16.4. The molecule has 3 aliphatic rings. The van der Waals surface area contributed by atoms with Crippen LogP contribution in [0.2, 0.25) is 0 Å². The van der Waals surface area contributed by atoms with Crippen LogP contribution in [0.1, 0.15) is 33.1 Å². The zero-order chi connectivity index (χ0) is 19.0. The molecule has 3 rings (SSSR count). The molecule has 2 fully saturated rings. The van der Waals surface area contributed by atoms with Crippen LogP contribution in [0.15, 0.2) is 36.5 Å². The summed E-state index contributed by atoms with van der Waals surface area (Å²) in [5.41, 5.74) is -0.166. The van der Waals surface area contributed by atoms with Gasteiger partial charge in [-0.2, -0.15) is 4.31 Å². The Bertz CT molecular complexity index is 748. The molecule has 26 heavy (non-hydrogen) atoms. The number of allylic oxidation sites excluding steroid dienone is 3. The number of carbonyl (C=O) groups excluding carboxylic acids is 1. The van der Waals surface area contributed by atoms with Gasteiger partial charge in [-0.1, -0.05) is 24.3 Å². The number of ketones is 1. The van der Waals surface area contributed by atoms with E-state index in [1.54, 1.807) is 29.5 Å². The molecule has 0 saturated carbocycles. The summed E-state index contributed by atoms with van der Waals surface area (Å²) >= 11 is 0. The van der Waals surface area contributed by atoms with Gasteiger partial charge in [-0.25, -0.2) is 8.42 Å². The van der Waals surface area contributed by atoms with Crippen LogP contribution in [0.3, 0.4) is 0 Å². The predicted octanol–water partition coefficient (Wildman–Crippen LogP) is 1.86. The molecule has 144 valence electrons. The van der Waals surface area contributed by atoms with Crippen molar-refractivity contribution in [1.82, 2.24) is 9.21 Å². The topological polar surface area (TPSA) is 66.9 Å². The quantitative estimate of drug-likeness (QED) is 0.681. The third-order valence-corrected chi connectivity index (χ3v) is 8.35. The Morgan fingerprint density at radius 1 is 1.35 bits per heavy atom. The molecule has 0 amide bonds. The number of carbonyl (C=O) groups is 1. The van der Waals surface area contributed by atoms with Crippen molar-refractivity contribution in [2.75, 3.05) is 32.8 Å². The highest BCUT2D eigenvalue weighted by atomic mass is 32.2. The molecule has 2 heterocycles. The number of piperidine rings is 1. The average molecular weight is 381 g/mol. The maximum atomic E-state index is 13.5. The Balaban J connectivity index is 1.82. The van der Waals surface area contributed by atoms with Crippen LogP contribution in [-0.2, 0) is 19.6 Å². The van der Waals surface area contributed by atoms with Crippen LogP contribution < -0.4 is 0 Å². The lowest BCUT2D eigenvalue weighted by Gasteiger charge is -2.45. The molecule has 1 atom stereocenters. The van der Waals surface area contributed by atoms with Crippen LogP contribution in [-0.4, -0.2) is 66.7 Å². The van der Waals surface area contributed by atoms with E-state index in [-0.39, 0.29) is 5.78 Å². The van der Waals surface area contributed by atoms with Gasteiger partial charge in [0, 0.05) is 44.6 Å². The number of nitrogens with zero attached hydrogens (tertiary/aromatic N) is 2. The summed E-state index contributed by atoms with van der Waals surface area (Å²) in [7, 11) is -3.62. The second-order valence-electron chi connectivity index (χ2n) is 7.53. The zero-order valence-electron chi connectivity index (χ0n) is 15.6. The number of likely N-dealkylation sites (tertiary alicyclic amines) is 1. The molecule has 6 nitrogen and oxygen atoms in total. The van der Waals surface area contributed by atoms with Gasteiger partial charge in [0.05, 0.1) is 6.61 Å². The van der Waals surface area contributed by atoms with E-state index in [4.69, 9.17) is 4.74 Å². The van der Waals surface area contributed by atoms with Gasteiger partial charge in [0.1, 0.15) is 10.5 Å². The highest BCUT2D eigenvalue weighted by Crippen LogP contribution is 2.41. The van der Waals surface area contributed by atoms with Crippen LogP contribution in [0.5, 0.6) is 0 Å². The maximum absolute atomic E-state index is 13.5. The van der Waals surface area contributed by atoms with Crippen LogP contribution in [0.25, 0.3) is 0 Å². The summed E-state index contributed by atoms with van der Waals surface area (Å²) in [6, 6.07) is 0. The number of rotatable bonds is 5. The molecule has 0 aromatic rings. The first-order valence-corrected chi connectivity index (χ1v) is 10.6. The Kier molecular flexibility index (Phi) is 5.27. The van der Waals surface area contributed by atoms with Gasteiger partial charge < -0.3 is 4.74 Å². The Hall–Kier alpha value is -1.28. The summed E-state index contributed by atoms with van der Waals surface area (Å²) in [6.07, 6.45) is 8.53. The Morgan fingerprint density at radius 2 is 2.04 bits per heavy atom. The molecule has 1 unspecified atom stereocenters. The molecular formula is C19H28N2O4S. The molecule has 2 aliphatic heterocycles. The second-order valence-corrected chi connectivity index (χ2v) is 9.85. The van der Waals surface area contributed by atoms with Gasteiger partial charge in [-0.3, -0.25) is 9.69 Å². The Labute approximate surface area is 156 Å². The van der Waals surface area contributed by atoms with Crippen molar-refractivity contribution in [1.29, 1.82) is 0 Å². The summed E-state index contributed by atoms with van der Waals surface area (Å²) in [5, 5.41) is 0. The average Bonchev–Trinajstić information content (AvgIpc) is 3.01. The maximum Gasteiger partial charge on any atom is 0.225 e. The van der Waals surface area contributed by atoms with Gasteiger partial charge >= 0.3 is 0 Å². The lowest BCUT2D eigenvalue weighted by molar-refractivity contribution is -0.113. The summed E-state index contributed by atoms with van der Waals surface area (Å²) in [6.45, 7) is 10.2. The molecule has 0 N–H and O–H groups in total. The lowest BCUT2D eigenvalue weighted by atomic mass is 9.96. The normalized spacial score (nSPS) is 29.7. The SMILES string of the molecule is C=CCN1CCC2(CC1)OCCN2S(=O)(=O)C1(C)C=CC(C(C)=O)=CC1. The predicted molar refractivity (Wildman–Crippen MR) is 101 cm³/mol. The van der Waals surface area contributed by atoms with E-state index in [0.29, 0.717) is 38.0 Å². The fraction of sp³-hybridized carbons (Fsp3) is 0.632. The van der Waals surface area contributed by atoms with E-state index < -0.39 is 20.5 Å². The van der Waals surface area contributed by atoms with Gasteiger partial charge in [-0.05, 0) is 20.3 Å². The lowest BCUT2D eigenvalue weighted by Crippen LogP contribution is -2.58. The van der Waals surface area contributed by atoms with Gasteiger partial charge in [0.2, 0.25) is 10.0 Å². The van der Waals surface area contributed by atoms with Crippen LogP contribution in [0, 0.1) is 0 Å². The van der Waals surface area contributed by atoms with Crippen LogP contribution >= 0.6 is 0 Å². The number of ether oxygens (including phenoxy) is 1. The van der Waals surface area contributed by atoms with E-state index in [2.05, 4.69) is 11.5 Å². The van der Waals surface area contributed by atoms with Gasteiger partial charge in [0.15, 0.2) is 5.78 Å². The third-order valence-electron chi connectivity index (χ3n) is 5.77. The molecule has 0 aromatic carbocycles. The van der Waals surface area contributed by atoms with E-state index in [1.165, 1.54) is 6.92 Å². The van der Waals surface area contributed by atoms with Crippen molar-refractivity contribution in [2.24, 2.45) is 0 Å². The van der Waals surface area contributed by atoms with E-state index >= 15 is 0 Å². The molecule has 0 bridgehead atoms. The van der Waals surface area contributed by atoms with Crippen molar-refractivity contribution < 1.29 is 17.9 Å². The number of hydrogen-bond donors (Lipinski definition) is 0. The first-order chi connectivity index (χ1) is 12.2. The molecular weight excluding hydrogens is 352 g/mol. The summed E-state index contributed by atoms with van der Waals surface area (Å²) in [5.74, 6) is -0.0451. The second kappa shape index (κ2) is 7.03. The van der Waals surface area contributed by atoms with Crippen LogP contribution in [0.4, 0.5) is 0 Å². The summed E-state index contributed by atoms with van der Waals surface area (Å²) < 4.78 is 33.6. The fourth-order valence-electron chi connectivity index (χ4n) is 4.01. The highest BCUT2D eigenvalue weighted by molar-refractivity contribution is 7.90. The summed E-state index contributed by atoms with van der Waals surface area (Å²) in [4.78, 5) is 13.8. The molecule has 7 heteroatoms. The van der Waals surface area contributed by atoms with E-state index in [1.807, 2.05) is 6.08 Å². The first-order valence-electron chi connectivity index (χ1n) is 9.14. The minimum absolute atomic E-state index is 0.0451.